The molecule has 1 aromatic rings. The van der Waals surface area contributed by atoms with Gasteiger partial charge in [0, 0.05) is 17.7 Å². The van der Waals surface area contributed by atoms with E-state index in [0.29, 0.717) is 30.9 Å². The minimum atomic E-state index is -4.22. The lowest BCUT2D eigenvalue weighted by Gasteiger charge is -2.29. The minimum Gasteiger partial charge on any atom is -0.310 e. The van der Waals surface area contributed by atoms with E-state index in [-0.39, 0.29) is 18.7 Å². The fraction of sp³-hybridized carbons (Fsp3) is 0.667. The Balaban J connectivity index is 2.04. The van der Waals surface area contributed by atoms with Gasteiger partial charge in [-0.3, -0.25) is 4.79 Å². The van der Waals surface area contributed by atoms with Crippen LogP contribution in [-0.2, 0) is 11.2 Å². The van der Waals surface area contributed by atoms with Crippen LogP contribution in [0.25, 0.3) is 0 Å². The van der Waals surface area contributed by atoms with Crippen LogP contribution in [-0.4, -0.2) is 22.1 Å². The molecule has 1 aliphatic rings. The molecule has 22 heavy (non-hydrogen) atoms. The summed E-state index contributed by atoms with van der Waals surface area (Å²) in [6.07, 6.45) is -2.64. The summed E-state index contributed by atoms with van der Waals surface area (Å²) < 4.78 is 38.4. The van der Waals surface area contributed by atoms with Gasteiger partial charge >= 0.3 is 6.18 Å². The van der Waals surface area contributed by atoms with E-state index in [9.17, 15) is 18.0 Å². The van der Waals surface area contributed by atoms with Gasteiger partial charge in [0.25, 0.3) is 0 Å². The van der Waals surface area contributed by atoms with Crippen molar-refractivity contribution >= 4 is 11.7 Å². The smallest absolute Gasteiger partial charge is 0.310 e. The maximum Gasteiger partial charge on any atom is 0.391 e. The molecule has 122 valence electrons. The van der Waals surface area contributed by atoms with E-state index in [0.717, 1.165) is 5.69 Å². The maximum atomic E-state index is 12.8. The molecule has 0 aromatic carbocycles. The molecule has 2 rings (SSSR count). The lowest BCUT2D eigenvalue weighted by molar-refractivity contribution is -0.185. The predicted octanol–water partition coefficient (Wildman–Crippen LogP) is 3.65. The maximum absolute atomic E-state index is 12.8. The number of halogens is 3. The molecule has 1 aromatic heterocycles. The van der Waals surface area contributed by atoms with Crippen molar-refractivity contribution in [2.75, 3.05) is 5.32 Å². The average Bonchev–Trinajstić information content (AvgIpc) is 2.45. The molecule has 7 heteroatoms. The van der Waals surface area contributed by atoms with Crippen molar-refractivity contribution in [2.24, 2.45) is 11.8 Å². The van der Waals surface area contributed by atoms with E-state index in [1.807, 2.05) is 6.92 Å². The molecule has 1 N–H and O–H groups in total. The number of nitrogens with one attached hydrogen (secondary N) is 1. The number of hydrogen-bond acceptors (Lipinski definition) is 3. The standard InChI is InChI=1S/C15H20F3N3O/c1-3-12-8-13(20-9(2)19-12)21-14(22)10-5-4-6-11(7-10)15(16,17)18/h8,10-11H,3-7H2,1-2H3,(H,19,20,21,22). The Hall–Kier alpha value is -1.66. The zero-order chi connectivity index (χ0) is 16.3. The van der Waals surface area contributed by atoms with Crippen LogP contribution < -0.4 is 5.32 Å². The Morgan fingerprint density at radius 3 is 2.73 bits per heavy atom. The zero-order valence-corrected chi connectivity index (χ0v) is 12.7. The first-order valence-electron chi connectivity index (χ1n) is 7.51. The summed E-state index contributed by atoms with van der Waals surface area (Å²) in [6.45, 7) is 3.65. The molecule has 0 spiro atoms. The van der Waals surface area contributed by atoms with Crippen molar-refractivity contribution < 1.29 is 18.0 Å². The highest BCUT2D eigenvalue weighted by Gasteiger charge is 2.43. The zero-order valence-electron chi connectivity index (χ0n) is 12.7. The molecule has 0 saturated heterocycles. The van der Waals surface area contributed by atoms with E-state index >= 15 is 0 Å². The van der Waals surface area contributed by atoms with Gasteiger partial charge in [0.1, 0.15) is 11.6 Å². The number of anilines is 1. The number of aromatic nitrogens is 2. The summed E-state index contributed by atoms with van der Waals surface area (Å²) in [5.41, 5.74) is 0.791. The third kappa shape index (κ3) is 4.18. The number of rotatable bonds is 3. The molecule has 2 unspecified atom stereocenters. The van der Waals surface area contributed by atoms with Crippen molar-refractivity contribution in [2.45, 2.75) is 52.1 Å². The molecule has 4 nitrogen and oxygen atoms in total. The van der Waals surface area contributed by atoms with Gasteiger partial charge in [0.2, 0.25) is 5.91 Å². The first-order valence-corrected chi connectivity index (χ1v) is 7.51. The molecular formula is C15H20F3N3O. The van der Waals surface area contributed by atoms with Crippen LogP contribution >= 0.6 is 0 Å². The normalized spacial score (nSPS) is 22.4. The van der Waals surface area contributed by atoms with Crippen molar-refractivity contribution in [3.63, 3.8) is 0 Å². The Labute approximate surface area is 127 Å². The van der Waals surface area contributed by atoms with Gasteiger partial charge < -0.3 is 5.32 Å². The molecule has 2 atom stereocenters. The van der Waals surface area contributed by atoms with Crippen LogP contribution in [0.2, 0.25) is 0 Å². The van der Waals surface area contributed by atoms with Gasteiger partial charge in [0.05, 0.1) is 5.92 Å². The first-order chi connectivity index (χ1) is 10.3. The van der Waals surface area contributed by atoms with E-state index in [2.05, 4.69) is 15.3 Å². The van der Waals surface area contributed by atoms with Gasteiger partial charge in [-0.2, -0.15) is 13.2 Å². The quantitative estimate of drug-likeness (QED) is 0.926. The first kappa shape index (κ1) is 16.7. The number of alkyl halides is 3. The average molecular weight is 315 g/mol. The molecule has 1 fully saturated rings. The summed E-state index contributed by atoms with van der Waals surface area (Å²) in [7, 11) is 0. The third-order valence-corrected chi connectivity index (χ3v) is 4.01. The SMILES string of the molecule is CCc1cc(NC(=O)C2CCCC(C(F)(F)F)C2)nc(C)n1. The molecule has 1 heterocycles. The molecule has 1 aliphatic carbocycles. The van der Waals surface area contributed by atoms with Crippen molar-refractivity contribution in [1.82, 2.24) is 9.97 Å². The second-order valence-electron chi connectivity index (χ2n) is 5.74. The largest absolute Gasteiger partial charge is 0.391 e. The van der Waals surface area contributed by atoms with Crippen molar-refractivity contribution in [1.29, 1.82) is 0 Å². The summed E-state index contributed by atoms with van der Waals surface area (Å²) in [6, 6.07) is 1.66. The number of carbonyl (C=O) groups excluding carboxylic acids is 1. The summed E-state index contributed by atoms with van der Waals surface area (Å²) in [4.78, 5) is 20.5. The van der Waals surface area contributed by atoms with Crippen LogP contribution in [0.15, 0.2) is 6.07 Å². The highest BCUT2D eigenvalue weighted by Crippen LogP contribution is 2.40. The van der Waals surface area contributed by atoms with Gasteiger partial charge in [-0.25, -0.2) is 9.97 Å². The van der Waals surface area contributed by atoms with Crippen LogP contribution in [0, 0.1) is 18.8 Å². The van der Waals surface area contributed by atoms with E-state index in [1.165, 1.54) is 0 Å². The van der Waals surface area contributed by atoms with Gasteiger partial charge in [-0.15, -0.1) is 0 Å². The second kappa shape index (κ2) is 6.62. The molecule has 0 aliphatic heterocycles. The Kier molecular flexibility index (Phi) is 5.03. The Bertz CT molecular complexity index is 545. The summed E-state index contributed by atoms with van der Waals surface area (Å²) in [5.74, 6) is -1.47. The number of amides is 1. The van der Waals surface area contributed by atoms with E-state index in [1.54, 1.807) is 13.0 Å². The monoisotopic (exact) mass is 315 g/mol. The molecule has 1 saturated carbocycles. The van der Waals surface area contributed by atoms with Crippen LogP contribution in [0.1, 0.15) is 44.1 Å². The molecular weight excluding hydrogens is 295 g/mol. The second-order valence-corrected chi connectivity index (χ2v) is 5.74. The van der Waals surface area contributed by atoms with Gasteiger partial charge in [-0.1, -0.05) is 13.3 Å². The summed E-state index contributed by atoms with van der Waals surface area (Å²) >= 11 is 0. The fourth-order valence-corrected chi connectivity index (χ4v) is 2.83. The van der Waals surface area contributed by atoms with Crippen LogP contribution in [0.3, 0.4) is 0 Å². The van der Waals surface area contributed by atoms with Crippen LogP contribution in [0.4, 0.5) is 19.0 Å². The minimum absolute atomic E-state index is 0.111. The number of aryl methyl sites for hydroxylation is 2. The third-order valence-electron chi connectivity index (χ3n) is 4.01. The van der Waals surface area contributed by atoms with Gasteiger partial charge in [-0.05, 0) is 32.6 Å². The highest BCUT2D eigenvalue weighted by atomic mass is 19.4. The van der Waals surface area contributed by atoms with Crippen LogP contribution in [0.5, 0.6) is 0 Å². The predicted molar refractivity (Wildman–Crippen MR) is 76.3 cm³/mol. The lowest BCUT2D eigenvalue weighted by Crippen LogP contribution is -2.34. The number of nitrogens with zero attached hydrogens (tertiary/aromatic N) is 2. The summed E-state index contributed by atoms with van der Waals surface area (Å²) in [5, 5.41) is 2.64. The molecule has 0 bridgehead atoms. The Morgan fingerprint density at radius 2 is 2.09 bits per heavy atom. The molecule has 0 radical (unpaired) electrons. The topological polar surface area (TPSA) is 54.9 Å². The van der Waals surface area contributed by atoms with E-state index in [4.69, 9.17) is 0 Å². The van der Waals surface area contributed by atoms with Crippen molar-refractivity contribution in [3.8, 4) is 0 Å². The lowest BCUT2D eigenvalue weighted by atomic mass is 9.80. The fourth-order valence-electron chi connectivity index (χ4n) is 2.83. The Morgan fingerprint density at radius 1 is 1.36 bits per heavy atom. The molecule has 1 amide bonds. The van der Waals surface area contributed by atoms with E-state index < -0.39 is 18.0 Å². The highest BCUT2D eigenvalue weighted by molar-refractivity contribution is 5.91. The number of hydrogen-bond donors (Lipinski definition) is 1. The van der Waals surface area contributed by atoms with Gasteiger partial charge in [0.15, 0.2) is 0 Å². The number of carbonyl (C=O) groups is 1. The van der Waals surface area contributed by atoms with Crippen molar-refractivity contribution in [3.05, 3.63) is 17.6 Å².